The van der Waals surface area contributed by atoms with Gasteiger partial charge in [0, 0.05) is 32.7 Å². The van der Waals surface area contributed by atoms with Crippen molar-refractivity contribution in [2.75, 3.05) is 32.7 Å². The first-order valence-electron chi connectivity index (χ1n) is 3.71. The molecule has 11 heavy (non-hydrogen) atoms. The third-order valence-corrected chi connectivity index (χ3v) is 1.94. The summed E-state index contributed by atoms with van der Waals surface area (Å²) in [6.07, 6.45) is 0. The van der Waals surface area contributed by atoms with Crippen molar-refractivity contribution < 1.29 is 4.79 Å². The Morgan fingerprint density at radius 1 is 1.36 bits per heavy atom. The average Bonchev–Trinajstić information content (AvgIpc) is 2.05. The molecule has 1 heterocycles. The van der Waals surface area contributed by atoms with Crippen molar-refractivity contribution in [2.24, 2.45) is 5.73 Å². The minimum atomic E-state index is -0.332. The monoisotopic (exact) mass is 155 g/mol. The predicted octanol–water partition coefficient (Wildman–Crippen LogP) is -0.606. The van der Waals surface area contributed by atoms with Gasteiger partial charge in [-0.2, -0.15) is 0 Å². The van der Waals surface area contributed by atoms with Gasteiger partial charge in [0.1, 0.15) is 0 Å². The van der Waals surface area contributed by atoms with Crippen molar-refractivity contribution in [3.63, 3.8) is 0 Å². The van der Waals surface area contributed by atoms with Crippen LogP contribution in [0.2, 0.25) is 0 Å². The normalized spacial score (nSPS) is 20.3. The maximum atomic E-state index is 10.6. The van der Waals surface area contributed by atoms with E-state index in [9.17, 15) is 4.79 Å². The Morgan fingerprint density at radius 2 is 1.91 bits per heavy atom. The molecule has 4 nitrogen and oxygen atoms in total. The molecule has 0 aromatic rings. The van der Waals surface area contributed by atoms with E-state index in [1.54, 1.807) is 4.90 Å². The fourth-order valence-electron chi connectivity index (χ4n) is 1.15. The number of hydrogen-bond acceptors (Lipinski definition) is 2. The van der Waals surface area contributed by atoms with Crippen molar-refractivity contribution in [2.45, 2.75) is 0 Å². The standard InChI is InChI=1S/C7H13N3O/c1-2-9-3-5-10(6-4-9)7(8)11/h1H,2-6H2,(H2,8,11). The first-order valence-corrected chi connectivity index (χ1v) is 3.71. The molecule has 2 radical (unpaired) electrons. The third-order valence-electron chi connectivity index (χ3n) is 1.94. The van der Waals surface area contributed by atoms with Gasteiger partial charge >= 0.3 is 6.03 Å². The van der Waals surface area contributed by atoms with Gasteiger partial charge in [-0.25, -0.2) is 4.79 Å². The predicted molar refractivity (Wildman–Crippen MR) is 41.9 cm³/mol. The summed E-state index contributed by atoms with van der Waals surface area (Å²) in [6, 6.07) is -0.332. The van der Waals surface area contributed by atoms with Crippen LogP contribution in [0.5, 0.6) is 0 Å². The Bertz CT molecular complexity index is 141. The molecule has 0 unspecified atom stereocenters. The van der Waals surface area contributed by atoms with Crippen molar-refractivity contribution in [3.8, 4) is 0 Å². The largest absolute Gasteiger partial charge is 0.351 e. The van der Waals surface area contributed by atoms with Gasteiger partial charge in [-0.15, -0.1) is 0 Å². The molecule has 0 aromatic heterocycles. The number of hydrogen-bond donors (Lipinski definition) is 1. The van der Waals surface area contributed by atoms with Crippen LogP contribution in [0.3, 0.4) is 0 Å². The lowest BCUT2D eigenvalue weighted by molar-refractivity contribution is 0.152. The molecule has 2 N–H and O–H groups in total. The fraction of sp³-hybridized carbons (Fsp3) is 0.714. The summed E-state index contributed by atoms with van der Waals surface area (Å²) in [6.45, 7) is 9.05. The minimum Gasteiger partial charge on any atom is -0.351 e. The Labute approximate surface area is 66.9 Å². The van der Waals surface area contributed by atoms with Gasteiger partial charge < -0.3 is 10.6 Å². The highest BCUT2D eigenvalue weighted by molar-refractivity contribution is 5.72. The van der Waals surface area contributed by atoms with Crippen LogP contribution in [0.25, 0.3) is 0 Å². The van der Waals surface area contributed by atoms with Gasteiger partial charge in [0.25, 0.3) is 0 Å². The summed E-state index contributed by atoms with van der Waals surface area (Å²) >= 11 is 0. The highest BCUT2D eigenvalue weighted by Gasteiger charge is 2.17. The van der Waals surface area contributed by atoms with Gasteiger partial charge in [-0.1, -0.05) is 0 Å². The van der Waals surface area contributed by atoms with Gasteiger partial charge in [0.05, 0.1) is 0 Å². The molecule has 0 atom stereocenters. The molecule has 0 bridgehead atoms. The molecule has 0 aliphatic carbocycles. The molecule has 0 spiro atoms. The number of carbonyl (C=O) groups excluding carboxylic acids is 1. The van der Waals surface area contributed by atoms with Crippen LogP contribution in [0.1, 0.15) is 0 Å². The molecular formula is C7H13N3O. The fourth-order valence-corrected chi connectivity index (χ4v) is 1.15. The number of urea groups is 1. The zero-order chi connectivity index (χ0) is 8.27. The second-order valence-corrected chi connectivity index (χ2v) is 2.63. The van der Waals surface area contributed by atoms with Crippen LogP contribution >= 0.6 is 0 Å². The first-order chi connectivity index (χ1) is 5.24. The van der Waals surface area contributed by atoms with Crippen LogP contribution in [-0.4, -0.2) is 48.6 Å². The van der Waals surface area contributed by atoms with Gasteiger partial charge in [0.2, 0.25) is 0 Å². The molecule has 0 aromatic carbocycles. The zero-order valence-electron chi connectivity index (χ0n) is 6.49. The van der Waals surface area contributed by atoms with Crippen molar-refractivity contribution in [1.82, 2.24) is 9.80 Å². The molecule has 1 aliphatic rings. The van der Waals surface area contributed by atoms with E-state index in [-0.39, 0.29) is 6.03 Å². The third kappa shape index (κ3) is 2.08. The lowest BCUT2D eigenvalue weighted by atomic mass is 10.3. The minimum absolute atomic E-state index is 0.332. The molecule has 1 fully saturated rings. The summed E-state index contributed by atoms with van der Waals surface area (Å²) in [4.78, 5) is 14.4. The Morgan fingerprint density at radius 3 is 2.27 bits per heavy atom. The van der Waals surface area contributed by atoms with E-state index in [2.05, 4.69) is 4.90 Å². The summed E-state index contributed by atoms with van der Waals surface area (Å²) in [7, 11) is 0. The van der Waals surface area contributed by atoms with Gasteiger partial charge in [-0.3, -0.25) is 4.90 Å². The van der Waals surface area contributed by atoms with Crippen LogP contribution in [0.15, 0.2) is 0 Å². The Balaban J connectivity index is 2.30. The van der Waals surface area contributed by atoms with E-state index in [0.29, 0.717) is 19.6 Å². The maximum absolute atomic E-state index is 10.6. The van der Waals surface area contributed by atoms with Crippen LogP contribution < -0.4 is 5.73 Å². The topological polar surface area (TPSA) is 49.6 Å². The molecule has 0 saturated carbocycles. The zero-order valence-corrected chi connectivity index (χ0v) is 6.49. The quantitative estimate of drug-likeness (QED) is 0.549. The number of piperazine rings is 1. The Kier molecular flexibility index (Phi) is 2.70. The van der Waals surface area contributed by atoms with E-state index < -0.39 is 0 Å². The maximum Gasteiger partial charge on any atom is 0.314 e. The number of amides is 2. The molecule has 1 rings (SSSR count). The summed E-state index contributed by atoms with van der Waals surface area (Å²) in [5, 5.41) is 0. The van der Waals surface area contributed by atoms with E-state index in [1.165, 1.54) is 0 Å². The first kappa shape index (κ1) is 8.33. The summed E-state index contributed by atoms with van der Waals surface area (Å²) in [5.74, 6) is 0. The highest BCUT2D eigenvalue weighted by Crippen LogP contribution is 1.99. The van der Waals surface area contributed by atoms with Crippen LogP contribution in [0.4, 0.5) is 4.79 Å². The van der Waals surface area contributed by atoms with Crippen molar-refractivity contribution in [1.29, 1.82) is 0 Å². The molecular weight excluding hydrogens is 142 g/mol. The SMILES string of the molecule is [CH]CN1CCN(C(N)=O)CC1. The smallest absolute Gasteiger partial charge is 0.314 e. The van der Waals surface area contributed by atoms with E-state index in [1.807, 2.05) is 0 Å². The summed E-state index contributed by atoms with van der Waals surface area (Å²) < 4.78 is 0. The number of carbonyl (C=O) groups is 1. The number of nitrogens with zero attached hydrogens (tertiary/aromatic N) is 2. The second kappa shape index (κ2) is 3.57. The van der Waals surface area contributed by atoms with Crippen molar-refractivity contribution >= 4 is 6.03 Å². The molecule has 2 amide bonds. The number of primary amides is 1. The van der Waals surface area contributed by atoms with Crippen molar-refractivity contribution in [3.05, 3.63) is 6.92 Å². The Hall–Kier alpha value is -0.770. The average molecular weight is 155 g/mol. The van der Waals surface area contributed by atoms with Crippen LogP contribution in [0, 0.1) is 6.92 Å². The van der Waals surface area contributed by atoms with E-state index in [4.69, 9.17) is 12.7 Å². The molecule has 1 saturated heterocycles. The van der Waals surface area contributed by atoms with Gasteiger partial charge in [-0.05, 0) is 6.92 Å². The van der Waals surface area contributed by atoms with Gasteiger partial charge in [0.15, 0.2) is 0 Å². The van der Waals surface area contributed by atoms with Crippen LogP contribution in [-0.2, 0) is 0 Å². The van der Waals surface area contributed by atoms with E-state index in [0.717, 1.165) is 13.1 Å². The molecule has 1 aliphatic heterocycles. The highest BCUT2D eigenvalue weighted by atomic mass is 16.2. The molecule has 4 heteroatoms. The lowest BCUT2D eigenvalue weighted by Crippen LogP contribution is -2.50. The second-order valence-electron chi connectivity index (χ2n) is 2.63. The van der Waals surface area contributed by atoms with E-state index >= 15 is 0 Å². The number of rotatable bonds is 1. The number of nitrogens with two attached hydrogens (primary N) is 1. The summed E-state index contributed by atoms with van der Waals surface area (Å²) in [5.41, 5.74) is 5.09. The lowest BCUT2D eigenvalue weighted by Gasteiger charge is -2.32. The molecule has 62 valence electrons.